The Labute approximate surface area is 882 Å². The first-order valence-electron chi connectivity index (χ1n) is 44.4. The molecule has 9 aliphatic rings. The van der Waals surface area contributed by atoms with Gasteiger partial charge in [-0.3, -0.25) is 62.1 Å². The van der Waals surface area contributed by atoms with Gasteiger partial charge in [0.05, 0.1) is 61.8 Å². The molecule has 0 saturated heterocycles. The zero-order valence-corrected chi connectivity index (χ0v) is 86.1. The number of aryl methyl sites for hydroxylation is 3. The van der Waals surface area contributed by atoms with Crippen LogP contribution in [0, 0.1) is 51.8 Å². The second kappa shape index (κ2) is 65.7. The molecule has 0 spiro atoms. The fourth-order valence-corrected chi connectivity index (χ4v) is 21.9. The summed E-state index contributed by atoms with van der Waals surface area (Å²) in [6.45, 7) is 8.38. The number of carbonyl (C=O) groups is 14. The summed E-state index contributed by atoms with van der Waals surface area (Å²) in [4.78, 5) is 158. The molecule has 144 heavy (non-hydrogen) atoms. The van der Waals surface area contributed by atoms with Crippen molar-refractivity contribution in [1.29, 1.82) is 0 Å². The molecule has 2 amide bonds. The van der Waals surface area contributed by atoms with Gasteiger partial charge >= 0.3 is 142 Å². The Balaban J connectivity index is -0.000000440. The van der Waals surface area contributed by atoms with Crippen molar-refractivity contribution in [2.24, 2.45) is 57.5 Å². The van der Waals surface area contributed by atoms with E-state index in [4.69, 9.17) is 102 Å². The predicted octanol–water partition coefficient (Wildman–Crippen LogP) is 22.0. The summed E-state index contributed by atoms with van der Waals surface area (Å²) in [7, 11) is 19.5. The number of hydrogen-bond donors (Lipinski definition) is 9. The maximum absolute atomic E-state index is 12.5. The molecule has 806 valence electrons. The summed E-state index contributed by atoms with van der Waals surface area (Å²) < 4.78 is 34.7. The van der Waals surface area contributed by atoms with Crippen LogP contribution in [0.2, 0.25) is 0 Å². The molecule has 18 N–H and O–H groups in total. The van der Waals surface area contributed by atoms with Crippen molar-refractivity contribution >= 4 is 138 Å². The van der Waals surface area contributed by atoms with Crippen molar-refractivity contribution in [3.8, 4) is 17.2 Å². The van der Waals surface area contributed by atoms with Crippen LogP contribution in [0.25, 0.3) is 24.6 Å². The molecule has 6 aromatic rings. The number of hydrogen-bond acceptors (Lipinski definition) is 21. The molecule has 0 bridgehead atoms. The number of halogens is 6. The van der Waals surface area contributed by atoms with Crippen LogP contribution >= 0.6 is 37.7 Å². The summed E-state index contributed by atoms with van der Waals surface area (Å²) in [5.74, 6) is -3.44. The Morgan fingerprint density at radius 2 is 0.660 bits per heavy atom. The molecule has 0 aliphatic heterocycles. The smallest absolute Gasteiger partial charge is 0 e. The number of amides is 2. The van der Waals surface area contributed by atoms with Gasteiger partial charge in [0.25, 0.3) is 0 Å². The fourth-order valence-electron chi connectivity index (χ4n) is 21.9. The number of aliphatic carboxylic acids is 6. The normalized spacial score (nSPS) is 23.2. The van der Waals surface area contributed by atoms with Crippen LogP contribution in [0.1, 0.15) is 284 Å². The third kappa shape index (κ3) is 37.6. The van der Waals surface area contributed by atoms with Crippen molar-refractivity contribution < 1.29 is 173 Å². The van der Waals surface area contributed by atoms with E-state index in [1.807, 2.05) is 84.9 Å². The molecule has 15 rings (SSSR count). The third-order valence-electron chi connectivity index (χ3n) is 28.3. The summed E-state index contributed by atoms with van der Waals surface area (Å²) in [5.41, 5.74) is 14.4. The van der Waals surface area contributed by atoms with E-state index in [-0.39, 0.29) is 201 Å². The molecule has 9 aliphatic carbocycles. The van der Waals surface area contributed by atoms with Gasteiger partial charge in [-0.15, -0.1) is 0 Å². The molecular formula is C101H143B2Cl4F2N7O26Pt2. The summed E-state index contributed by atoms with van der Waals surface area (Å²) in [6, 6.07) is 45.3. The number of nitrogens with one attached hydrogen (secondary N) is 2. The van der Waals surface area contributed by atoms with E-state index in [2.05, 4.69) is 62.6 Å². The Morgan fingerprint density at radius 1 is 0.382 bits per heavy atom. The average molecular weight is 2460 g/mol. The second-order valence-corrected chi connectivity index (χ2v) is 42.3. The molecule has 6 aromatic carbocycles. The van der Waals surface area contributed by atoms with Crippen LogP contribution < -0.4 is 30.6 Å². The topological polar surface area (TPSA) is 600 Å². The van der Waals surface area contributed by atoms with E-state index < -0.39 is 98.1 Å². The number of rotatable bonds is 26. The summed E-state index contributed by atoms with van der Waals surface area (Å²) >= 11 is -0.944. The van der Waals surface area contributed by atoms with Crippen LogP contribution in [0.4, 0.5) is 9.41 Å². The number of carboxylic acids is 6. The van der Waals surface area contributed by atoms with Gasteiger partial charge in [-0.05, 0) is 282 Å². The molecular weight excluding hydrogens is 2320 g/mol. The second-order valence-electron chi connectivity index (χ2n) is 35.7. The number of carbonyl (C=O) groups excluding carboxylic acids is 8. The van der Waals surface area contributed by atoms with E-state index in [1.54, 1.807) is 36.4 Å². The summed E-state index contributed by atoms with van der Waals surface area (Å²) in [5, 5.41) is 53.9. The number of fused-ring (bicyclic) bond motifs is 15. The molecule has 0 heterocycles. The monoisotopic (exact) mass is 2460 g/mol. The first kappa shape index (κ1) is 138. The number of esters is 6. The number of nitrogens with two attached hydrogens (primary N) is 5. The minimum absolute atomic E-state index is 0. The Kier molecular flexibility index (Phi) is 63.2. The quantitative estimate of drug-likeness (QED) is 0.0105. The molecule has 6 saturated carbocycles. The van der Waals surface area contributed by atoms with Crippen molar-refractivity contribution in [2.75, 3.05) is 19.6 Å². The largest absolute Gasteiger partial charge is 0.693 e. The minimum Gasteiger partial charge on any atom is -0.693 e. The van der Waals surface area contributed by atoms with Crippen molar-refractivity contribution in [2.45, 2.75) is 252 Å². The van der Waals surface area contributed by atoms with Crippen LogP contribution in [-0.4, -0.2) is 168 Å². The number of benzene rings is 6. The average Bonchev–Trinajstić information content (AvgIpc) is 1.56. The van der Waals surface area contributed by atoms with Gasteiger partial charge in [0, 0.05) is 50.2 Å². The molecule has 15 atom stereocenters. The maximum atomic E-state index is 12.5. The van der Waals surface area contributed by atoms with Gasteiger partial charge in [-0.1, -0.05) is 116 Å². The first-order valence-corrected chi connectivity index (χ1v) is 55.7. The third-order valence-corrected chi connectivity index (χ3v) is 28.3. The van der Waals surface area contributed by atoms with Gasteiger partial charge in [0.2, 0.25) is 11.8 Å². The Bertz CT molecular complexity index is 4920. The Hall–Kier alpha value is -9.77. The predicted molar refractivity (Wildman–Crippen MR) is 547 cm³/mol. The van der Waals surface area contributed by atoms with E-state index in [1.165, 1.54) is 33.4 Å². The molecule has 6 fully saturated rings. The summed E-state index contributed by atoms with van der Waals surface area (Å²) in [6.07, 6.45) is 15.3. The van der Waals surface area contributed by atoms with E-state index in [9.17, 15) is 67.1 Å². The zero-order chi connectivity index (χ0) is 96.9. The van der Waals surface area contributed by atoms with E-state index >= 15 is 0 Å². The first-order chi connectivity index (χ1) is 63.4. The van der Waals surface area contributed by atoms with Crippen LogP contribution in [0.15, 0.2) is 146 Å². The number of ether oxygens (including phenoxy) is 6. The van der Waals surface area contributed by atoms with Gasteiger partial charge in [-0.25, -0.2) is 14.4 Å². The van der Waals surface area contributed by atoms with Gasteiger partial charge in [0.15, 0.2) is 0 Å². The van der Waals surface area contributed by atoms with Crippen LogP contribution in [0.3, 0.4) is 0 Å². The minimum atomic E-state index is -1.08. The zero-order valence-electron chi connectivity index (χ0n) is 78.6. The Morgan fingerprint density at radius 3 is 0.944 bits per heavy atom. The van der Waals surface area contributed by atoms with Crippen LogP contribution in [0.5, 0.6) is 17.2 Å². The number of carboxylic acid groups (broad SMARTS) is 6. The molecule has 0 aromatic heterocycles. The molecule has 9 unspecified atom stereocenters. The fraction of sp³-hybridized carbons (Fsp3) is 0.505. The molecule has 33 nitrogen and oxygen atoms in total. The van der Waals surface area contributed by atoms with E-state index in [0.717, 1.165) is 116 Å². The maximum Gasteiger partial charge on any atom is 0 e. The van der Waals surface area contributed by atoms with Gasteiger partial charge in [-0.2, -0.15) is 0 Å². The van der Waals surface area contributed by atoms with Gasteiger partial charge < -0.3 is 100 Å². The van der Waals surface area contributed by atoms with Gasteiger partial charge in [0.1, 0.15) is 48.1 Å². The molecule has 43 heteroatoms. The van der Waals surface area contributed by atoms with Crippen molar-refractivity contribution in [3.63, 3.8) is 0 Å². The van der Waals surface area contributed by atoms with E-state index in [0.29, 0.717) is 87.2 Å². The molecule has 6 radical (unpaired) electrons. The van der Waals surface area contributed by atoms with Crippen molar-refractivity contribution in [1.82, 2.24) is 10.6 Å². The SMILES string of the molecule is C.C.C.C[C@@]12CCC3c4ccc(OC(=O)c5ccccc5)cc4CCC3C1CC[C@H]2OC(=O)CNC(=O)CCC(=O)O.C[C@@]12CCC3c4ccc(OC(=O)c5ccccc5)cc4CCC3C1CC[C@H]2OC(=O)CNC(=O)CCC(=O)O.C[C@]12CCC3c4ccc(OC(=O)c5ccccc5)cc4CCC3C1CC[C@]2(C)OC(=O)CN.F.F.O=C(O)CCC(=O)O.O=C(O)CCC(=O)O.[2HH].[B].[B].[Cl][Pt+2][Cl].[Cl][Pt+2][Cl].[HH].[HH].[NH2-].[NH2-].[NH2-].[NH2-]. The standard InChI is InChI=1S/2C31H35NO7.C28H33NO4.2C4H6O4.3CH4.2B.4ClH.2FH.4H2N.2Pt.3H2/c2*1-31-16-15-23-22-10-8-21(38-30(37)19-5-3-2-4-6-19)17-20(22)7-9-24(23)25(31)11-12-26(31)39-29(36)18-32-27(33)13-14-28(34)35;1-27-14-12-22-21-11-9-20(32-26(31)18-6-4-3-5-7-18)16-19(21)8-10-23(22)24(27)13-15-28(27,2)33-25(30)17-29;2*5-3(6)1-2-4(7)8;;;;;;;;;;;;;;;;;;;;/h2*2-6,8,10,17,23-26H,7,9,11-16,18H2,1H3,(H,32,33)(H,34,35);3-7,9,11,16,22-24H,8,10,12-15,17,29H2,1-2H3;2*1-2H2,(H,5,6)(H,7,8);3*1H4;;;6*1H;4*1H2;;;3*1H/q;;;;;;;;;;;;;;;;4*-1;2*+4;;;/p-4/t2*23?,24?,25?,26-,31-;22?,23?,24?,27-,28-;;;;;;;;;;;;;;;;;;;;;;/m110....................../s1/i;;;;;;;;;;;;;;;;;;;;;;1+1;;. The van der Waals surface area contributed by atoms with Crippen LogP contribution in [-0.2, 0) is 119 Å². The van der Waals surface area contributed by atoms with Crippen molar-refractivity contribution in [3.05, 3.63) is 220 Å².